The lowest BCUT2D eigenvalue weighted by Gasteiger charge is -1.98. The summed E-state index contributed by atoms with van der Waals surface area (Å²) in [6.07, 6.45) is 0. The van der Waals surface area contributed by atoms with Crippen LogP contribution in [-0.4, -0.2) is 23.6 Å². The van der Waals surface area contributed by atoms with Gasteiger partial charge in [0.25, 0.3) is 15.2 Å². The topological polar surface area (TPSA) is 102 Å². The van der Waals surface area contributed by atoms with Crippen molar-refractivity contribution < 1.29 is 12.8 Å². The number of aromatic amines is 1. The maximum atomic E-state index is 12.8. The van der Waals surface area contributed by atoms with Gasteiger partial charge in [0.15, 0.2) is 5.82 Å². The summed E-state index contributed by atoms with van der Waals surface area (Å²) >= 11 is 5.77. The van der Waals surface area contributed by atoms with Crippen molar-refractivity contribution in [3.05, 3.63) is 29.0 Å². The summed E-state index contributed by atoms with van der Waals surface area (Å²) in [5.74, 6) is -0.486. The fourth-order valence-electron chi connectivity index (χ4n) is 1.17. The zero-order valence-electron chi connectivity index (χ0n) is 8.18. The highest BCUT2D eigenvalue weighted by Gasteiger charge is 2.16. The van der Waals surface area contributed by atoms with E-state index in [9.17, 15) is 12.8 Å². The highest BCUT2D eigenvalue weighted by atomic mass is 35.5. The van der Waals surface area contributed by atoms with Gasteiger partial charge >= 0.3 is 0 Å². The van der Waals surface area contributed by atoms with Crippen LogP contribution in [0.5, 0.6) is 0 Å². The van der Waals surface area contributed by atoms with Gasteiger partial charge in [-0.05, 0) is 18.2 Å². The molecule has 90 valence electrons. The number of primary sulfonamides is 1. The molecule has 1 heterocycles. The number of nitrogens with two attached hydrogens (primary N) is 1. The van der Waals surface area contributed by atoms with Crippen LogP contribution >= 0.6 is 11.6 Å². The lowest BCUT2D eigenvalue weighted by atomic mass is 10.2. The minimum Gasteiger partial charge on any atom is -0.248 e. The number of aromatic nitrogens is 3. The third-order valence-corrected chi connectivity index (χ3v) is 2.94. The second-order valence-electron chi connectivity index (χ2n) is 3.13. The Labute approximate surface area is 101 Å². The lowest BCUT2D eigenvalue weighted by molar-refractivity contribution is 0.589. The van der Waals surface area contributed by atoms with Crippen LogP contribution in [-0.2, 0) is 10.0 Å². The second-order valence-corrected chi connectivity index (χ2v) is 5.02. The normalized spacial score (nSPS) is 11.7. The number of benzene rings is 1. The lowest BCUT2D eigenvalue weighted by Crippen LogP contribution is -2.13. The number of halogens is 2. The van der Waals surface area contributed by atoms with E-state index in [2.05, 4.69) is 15.2 Å². The molecule has 0 fully saturated rings. The van der Waals surface area contributed by atoms with Crippen molar-refractivity contribution in [2.75, 3.05) is 0 Å². The molecule has 2 aromatic rings. The van der Waals surface area contributed by atoms with Gasteiger partial charge < -0.3 is 0 Å². The molecular formula is C8H6ClFN4O2S. The third kappa shape index (κ3) is 2.43. The maximum absolute atomic E-state index is 12.8. The average molecular weight is 277 g/mol. The van der Waals surface area contributed by atoms with Crippen LogP contribution < -0.4 is 5.14 Å². The van der Waals surface area contributed by atoms with E-state index in [0.29, 0.717) is 5.56 Å². The summed E-state index contributed by atoms with van der Waals surface area (Å²) in [4.78, 5) is 3.66. The molecule has 0 saturated heterocycles. The molecule has 0 aliphatic rings. The number of hydrogen-bond donors (Lipinski definition) is 2. The van der Waals surface area contributed by atoms with E-state index in [0.717, 1.165) is 12.1 Å². The first kappa shape index (κ1) is 12.0. The van der Waals surface area contributed by atoms with Gasteiger partial charge in [-0.25, -0.2) is 23.0 Å². The molecule has 2 rings (SSSR count). The van der Waals surface area contributed by atoms with E-state index >= 15 is 0 Å². The monoisotopic (exact) mass is 276 g/mol. The zero-order valence-corrected chi connectivity index (χ0v) is 9.76. The Morgan fingerprint density at radius 2 is 2.12 bits per heavy atom. The minimum absolute atomic E-state index is 0.0269. The summed E-state index contributed by atoms with van der Waals surface area (Å²) < 4.78 is 34.7. The standard InChI is InChI=1S/C8H6ClFN4O2S/c9-6-3-4(10)1-2-5(6)7-12-8(14-13-7)17(11,15)16/h1-3H,(H2,11,15,16)(H,12,13,14). The van der Waals surface area contributed by atoms with E-state index in [4.69, 9.17) is 16.7 Å². The molecule has 6 nitrogen and oxygen atoms in total. The molecule has 0 aliphatic carbocycles. The van der Waals surface area contributed by atoms with Crippen LogP contribution in [0.4, 0.5) is 4.39 Å². The summed E-state index contributed by atoms with van der Waals surface area (Å²) in [5, 5.41) is 10.3. The summed E-state index contributed by atoms with van der Waals surface area (Å²) in [6.45, 7) is 0. The van der Waals surface area contributed by atoms with Crippen LogP contribution in [0, 0.1) is 5.82 Å². The molecule has 3 N–H and O–H groups in total. The van der Waals surface area contributed by atoms with Crippen molar-refractivity contribution in [2.45, 2.75) is 5.16 Å². The first-order valence-electron chi connectivity index (χ1n) is 4.28. The maximum Gasteiger partial charge on any atom is 0.273 e. The minimum atomic E-state index is -3.96. The molecule has 0 saturated carbocycles. The number of H-pyrrole nitrogens is 1. The highest BCUT2D eigenvalue weighted by molar-refractivity contribution is 7.89. The number of nitrogens with one attached hydrogen (secondary N) is 1. The van der Waals surface area contributed by atoms with Crippen LogP contribution in [0.1, 0.15) is 0 Å². The molecule has 0 radical (unpaired) electrons. The SMILES string of the molecule is NS(=O)(=O)c1nc(-c2ccc(F)cc2Cl)n[nH]1. The van der Waals surface area contributed by atoms with Crippen molar-refractivity contribution in [1.29, 1.82) is 0 Å². The fourth-order valence-corrected chi connectivity index (χ4v) is 1.80. The smallest absolute Gasteiger partial charge is 0.248 e. The number of rotatable bonds is 2. The Hall–Kier alpha value is -1.51. The van der Waals surface area contributed by atoms with Gasteiger partial charge in [-0.2, -0.15) is 10.1 Å². The molecular weight excluding hydrogens is 271 g/mol. The zero-order chi connectivity index (χ0) is 12.6. The van der Waals surface area contributed by atoms with E-state index < -0.39 is 21.0 Å². The van der Waals surface area contributed by atoms with Gasteiger partial charge in [0.1, 0.15) is 5.82 Å². The van der Waals surface area contributed by atoms with Gasteiger partial charge in [0.05, 0.1) is 5.02 Å². The van der Waals surface area contributed by atoms with Crippen molar-refractivity contribution >= 4 is 21.6 Å². The fraction of sp³-hybridized carbons (Fsp3) is 0. The molecule has 9 heteroatoms. The molecule has 0 unspecified atom stereocenters. The van der Waals surface area contributed by atoms with E-state index in [1.54, 1.807) is 0 Å². The van der Waals surface area contributed by atoms with Gasteiger partial charge in [-0.1, -0.05) is 11.6 Å². The Morgan fingerprint density at radius 3 is 2.65 bits per heavy atom. The van der Waals surface area contributed by atoms with Crippen LogP contribution in [0.25, 0.3) is 11.4 Å². The first-order chi connectivity index (χ1) is 7.88. The molecule has 1 aromatic heterocycles. The quantitative estimate of drug-likeness (QED) is 0.851. The Bertz CT molecular complexity index is 670. The Morgan fingerprint density at radius 1 is 1.41 bits per heavy atom. The first-order valence-corrected chi connectivity index (χ1v) is 6.21. The predicted octanol–water partition coefficient (Wildman–Crippen LogP) is 0.912. The largest absolute Gasteiger partial charge is 0.273 e. The Balaban J connectivity index is 2.51. The predicted molar refractivity (Wildman–Crippen MR) is 58.2 cm³/mol. The third-order valence-electron chi connectivity index (χ3n) is 1.91. The van der Waals surface area contributed by atoms with Gasteiger partial charge in [0.2, 0.25) is 0 Å². The van der Waals surface area contributed by atoms with E-state index in [1.165, 1.54) is 6.07 Å². The van der Waals surface area contributed by atoms with Crippen molar-refractivity contribution in [2.24, 2.45) is 5.14 Å². The number of sulfonamides is 1. The highest BCUT2D eigenvalue weighted by Crippen LogP contribution is 2.25. The molecule has 0 amide bonds. The van der Waals surface area contributed by atoms with Crippen LogP contribution in [0.15, 0.2) is 23.4 Å². The van der Waals surface area contributed by atoms with Gasteiger partial charge in [-0.3, -0.25) is 0 Å². The van der Waals surface area contributed by atoms with Crippen LogP contribution in [0.3, 0.4) is 0 Å². The molecule has 1 aromatic carbocycles. The molecule has 0 bridgehead atoms. The summed E-state index contributed by atoms with van der Waals surface area (Å²) in [7, 11) is -3.96. The second kappa shape index (κ2) is 4.06. The average Bonchev–Trinajstić information content (AvgIpc) is 2.65. The number of hydrogen-bond acceptors (Lipinski definition) is 4. The van der Waals surface area contributed by atoms with Crippen molar-refractivity contribution in [3.8, 4) is 11.4 Å². The van der Waals surface area contributed by atoms with Crippen molar-refractivity contribution in [1.82, 2.24) is 15.2 Å². The van der Waals surface area contributed by atoms with E-state index in [-0.39, 0.29) is 10.8 Å². The Kier molecular flexibility index (Phi) is 2.86. The van der Waals surface area contributed by atoms with Crippen LogP contribution in [0.2, 0.25) is 5.02 Å². The summed E-state index contributed by atoms with van der Waals surface area (Å²) in [5.41, 5.74) is 0.305. The van der Waals surface area contributed by atoms with Gasteiger partial charge in [0, 0.05) is 5.56 Å². The number of nitrogens with zero attached hydrogens (tertiary/aromatic N) is 2. The summed E-state index contributed by atoms with van der Waals surface area (Å²) in [6, 6.07) is 3.58. The molecule has 0 spiro atoms. The molecule has 0 aliphatic heterocycles. The molecule has 17 heavy (non-hydrogen) atoms. The van der Waals surface area contributed by atoms with E-state index in [1.807, 2.05) is 0 Å². The molecule has 0 atom stereocenters. The van der Waals surface area contributed by atoms with Crippen molar-refractivity contribution in [3.63, 3.8) is 0 Å². The van der Waals surface area contributed by atoms with Gasteiger partial charge in [-0.15, -0.1) is 0 Å².